The highest BCUT2D eigenvalue weighted by atomic mass is 19.4. The van der Waals surface area contributed by atoms with Crippen LogP contribution in [0.5, 0.6) is 5.75 Å². The summed E-state index contributed by atoms with van der Waals surface area (Å²) in [5, 5.41) is 11.5. The summed E-state index contributed by atoms with van der Waals surface area (Å²) in [6.45, 7) is 3.06. The van der Waals surface area contributed by atoms with E-state index in [-0.39, 0.29) is 17.0 Å². The molecule has 0 spiro atoms. The van der Waals surface area contributed by atoms with Gasteiger partial charge < -0.3 is 14.8 Å². The average Bonchev–Trinajstić information content (AvgIpc) is 3.02. The number of alkyl halides is 3. The molecule has 0 aliphatic heterocycles. The molecule has 2 N–H and O–H groups in total. The molecule has 3 aromatic rings. The van der Waals surface area contributed by atoms with E-state index < -0.39 is 35.9 Å². The number of aromatic nitrogens is 1. The van der Waals surface area contributed by atoms with E-state index in [2.05, 4.69) is 11.1 Å². The molecule has 7 heteroatoms. The van der Waals surface area contributed by atoms with Crippen LogP contribution in [-0.2, 0) is 11.8 Å². The normalized spacial score (nSPS) is 14.8. The predicted molar refractivity (Wildman–Crippen MR) is 102 cm³/mol. The van der Waals surface area contributed by atoms with Crippen molar-refractivity contribution in [2.45, 2.75) is 43.9 Å². The van der Waals surface area contributed by atoms with Gasteiger partial charge in [0, 0.05) is 28.6 Å². The summed E-state index contributed by atoms with van der Waals surface area (Å²) in [6.07, 6.45) is -6.23. The molecule has 0 aliphatic carbocycles. The van der Waals surface area contributed by atoms with Crippen molar-refractivity contribution in [2.75, 3.05) is 7.11 Å². The van der Waals surface area contributed by atoms with Gasteiger partial charge >= 0.3 is 6.18 Å². The first kappa shape index (κ1) is 21.2. The molecule has 0 bridgehead atoms. The van der Waals surface area contributed by atoms with Gasteiger partial charge in [-0.15, -0.1) is 0 Å². The van der Waals surface area contributed by atoms with Crippen LogP contribution in [0.3, 0.4) is 0 Å². The van der Waals surface area contributed by atoms with Gasteiger partial charge in [0.15, 0.2) is 5.60 Å². The molecule has 0 aliphatic rings. The molecular weight excluding hydrogens is 386 g/mol. The van der Waals surface area contributed by atoms with Crippen molar-refractivity contribution in [3.05, 3.63) is 65.6 Å². The number of fused-ring (bicyclic) bond motifs is 1. The van der Waals surface area contributed by atoms with Crippen LogP contribution in [0.25, 0.3) is 10.9 Å². The van der Waals surface area contributed by atoms with Crippen LogP contribution in [0, 0.1) is 11.9 Å². The zero-order chi connectivity index (χ0) is 21.4. The van der Waals surface area contributed by atoms with Crippen molar-refractivity contribution >= 4 is 10.9 Å². The lowest BCUT2D eigenvalue weighted by Gasteiger charge is -2.38. The molecule has 0 amide bonds. The molecule has 3 rings (SSSR count). The van der Waals surface area contributed by atoms with E-state index in [1.165, 1.54) is 33.1 Å². The molecule has 1 radical (unpaired) electrons. The first-order valence-electron chi connectivity index (χ1n) is 9.06. The van der Waals surface area contributed by atoms with Gasteiger partial charge in [0.25, 0.3) is 0 Å². The number of nitrogens with one attached hydrogen (secondary N) is 1. The zero-order valence-corrected chi connectivity index (χ0v) is 16.3. The smallest absolute Gasteiger partial charge is 0.417 e. The van der Waals surface area contributed by atoms with Crippen LogP contribution in [-0.4, -0.2) is 29.0 Å². The summed E-state index contributed by atoms with van der Waals surface area (Å²) in [6, 6.07) is 13.1. The van der Waals surface area contributed by atoms with Crippen LogP contribution in [0.4, 0.5) is 17.6 Å². The lowest BCUT2D eigenvalue weighted by atomic mass is 9.73. The molecule has 0 saturated carbocycles. The molecule has 0 saturated heterocycles. The minimum Gasteiger partial charge on any atom is -0.496 e. The number of hydrogen-bond acceptors (Lipinski definition) is 2. The number of ether oxygens (including phenoxy) is 1. The van der Waals surface area contributed by atoms with E-state index in [9.17, 15) is 22.7 Å². The fraction of sp³-hybridized carbons (Fsp3) is 0.364. The number of aliphatic hydroxyl groups is 1. The Morgan fingerprint density at radius 1 is 1.14 bits per heavy atom. The molecule has 29 heavy (non-hydrogen) atoms. The van der Waals surface area contributed by atoms with E-state index >= 15 is 0 Å². The minimum absolute atomic E-state index is 0.251. The topological polar surface area (TPSA) is 45.2 Å². The second kappa shape index (κ2) is 7.37. The third kappa shape index (κ3) is 4.24. The maximum Gasteiger partial charge on any atom is 0.417 e. The number of rotatable bonds is 6. The van der Waals surface area contributed by atoms with Crippen LogP contribution >= 0.6 is 0 Å². The van der Waals surface area contributed by atoms with Gasteiger partial charge in [-0.2, -0.15) is 13.2 Å². The van der Waals surface area contributed by atoms with Crippen LogP contribution in [0.15, 0.2) is 42.5 Å². The fourth-order valence-electron chi connectivity index (χ4n) is 3.78. The lowest BCUT2D eigenvalue weighted by molar-refractivity contribution is -0.266. The Morgan fingerprint density at radius 3 is 2.48 bits per heavy atom. The molecule has 1 heterocycles. The summed E-state index contributed by atoms with van der Waals surface area (Å²) in [5.74, 6) is -0.321. The first-order valence-corrected chi connectivity index (χ1v) is 9.06. The number of hydrogen-bond donors (Lipinski definition) is 2. The summed E-state index contributed by atoms with van der Waals surface area (Å²) >= 11 is 0. The highest BCUT2D eigenvalue weighted by molar-refractivity contribution is 5.80. The largest absolute Gasteiger partial charge is 0.496 e. The zero-order valence-electron chi connectivity index (χ0n) is 16.3. The van der Waals surface area contributed by atoms with Gasteiger partial charge in [-0.1, -0.05) is 19.9 Å². The van der Waals surface area contributed by atoms with E-state index in [0.29, 0.717) is 10.9 Å². The Bertz CT molecular complexity index is 976. The van der Waals surface area contributed by atoms with Crippen molar-refractivity contribution in [1.82, 2.24) is 4.98 Å². The van der Waals surface area contributed by atoms with Gasteiger partial charge in [0.1, 0.15) is 11.6 Å². The number of H-pyrrole nitrogens is 1. The molecule has 1 unspecified atom stereocenters. The summed E-state index contributed by atoms with van der Waals surface area (Å²) in [4.78, 5) is 2.92. The Hall–Kier alpha value is -2.54. The summed E-state index contributed by atoms with van der Waals surface area (Å²) in [7, 11) is 1.37. The number of methoxy groups -OCH3 is 1. The van der Waals surface area contributed by atoms with Gasteiger partial charge in [-0.05, 0) is 54.3 Å². The van der Waals surface area contributed by atoms with E-state index in [1.54, 1.807) is 24.3 Å². The van der Waals surface area contributed by atoms with E-state index in [1.807, 2.05) is 0 Å². The van der Waals surface area contributed by atoms with Gasteiger partial charge in [0.05, 0.1) is 7.11 Å². The first-order chi connectivity index (χ1) is 13.4. The van der Waals surface area contributed by atoms with Gasteiger partial charge in [0.2, 0.25) is 0 Å². The third-order valence-corrected chi connectivity index (χ3v) is 5.16. The second-order valence-electron chi connectivity index (χ2n) is 7.92. The van der Waals surface area contributed by atoms with Gasteiger partial charge in [-0.25, -0.2) is 4.39 Å². The van der Waals surface area contributed by atoms with Crippen LogP contribution < -0.4 is 4.74 Å². The predicted octanol–water partition coefficient (Wildman–Crippen LogP) is 5.32. The molecule has 3 nitrogen and oxygen atoms in total. The lowest BCUT2D eigenvalue weighted by Crippen LogP contribution is -2.51. The molecule has 1 aromatic heterocycles. The Balaban J connectivity index is 1.99. The van der Waals surface area contributed by atoms with Crippen molar-refractivity contribution in [3.63, 3.8) is 0 Å². The monoisotopic (exact) mass is 408 g/mol. The molecule has 155 valence electrons. The van der Waals surface area contributed by atoms with Crippen LogP contribution in [0.1, 0.15) is 31.5 Å². The summed E-state index contributed by atoms with van der Waals surface area (Å²) < 4.78 is 60.9. The maximum absolute atomic E-state index is 14.0. The Kier molecular flexibility index (Phi) is 5.38. The Labute approximate surface area is 166 Å². The van der Waals surface area contributed by atoms with Crippen LogP contribution in [0.2, 0.25) is 0 Å². The SMILES string of the molecule is COc1ccc(F)cc1C(C)(C)CC(O)(Cc1cc2c[c]ccc2[nH]1)C(F)(F)F. The molecule has 2 aromatic carbocycles. The molecular formula is C22H22F4NO2. The minimum atomic E-state index is -4.89. The van der Waals surface area contributed by atoms with Crippen molar-refractivity contribution in [3.8, 4) is 5.75 Å². The van der Waals surface area contributed by atoms with E-state index in [4.69, 9.17) is 4.74 Å². The quantitative estimate of drug-likeness (QED) is 0.543. The van der Waals surface area contributed by atoms with Gasteiger partial charge in [-0.3, -0.25) is 0 Å². The number of halogens is 4. The molecule has 1 atom stereocenters. The summed E-state index contributed by atoms with van der Waals surface area (Å²) in [5.41, 5.74) is -3.08. The highest BCUT2D eigenvalue weighted by Crippen LogP contribution is 2.45. The average molecular weight is 408 g/mol. The highest BCUT2D eigenvalue weighted by Gasteiger charge is 2.56. The van der Waals surface area contributed by atoms with E-state index in [0.717, 1.165) is 6.07 Å². The standard InChI is InChI=1S/C22H22F4NO2/c1-20(2,17-11-15(23)8-9-19(17)29-3)13-21(28,22(24,25)26)12-16-10-14-6-4-5-7-18(14)27-16/h5-11,27-28H,12-13H2,1-3H3. The van der Waals surface area contributed by atoms with Crippen molar-refractivity contribution in [1.29, 1.82) is 0 Å². The molecule has 0 fully saturated rings. The number of aromatic amines is 1. The maximum atomic E-state index is 14.0. The number of benzene rings is 2. The Morgan fingerprint density at radius 2 is 1.86 bits per heavy atom. The van der Waals surface area contributed by atoms with Crippen molar-refractivity contribution in [2.24, 2.45) is 0 Å². The fourth-order valence-corrected chi connectivity index (χ4v) is 3.78. The third-order valence-electron chi connectivity index (χ3n) is 5.16. The second-order valence-corrected chi connectivity index (χ2v) is 7.92. The van der Waals surface area contributed by atoms with Crippen molar-refractivity contribution < 1.29 is 27.4 Å².